The van der Waals surface area contributed by atoms with Crippen LogP contribution in [0.3, 0.4) is 0 Å². The molecule has 3 atom stereocenters. The van der Waals surface area contributed by atoms with E-state index in [1.165, 1.54) is 0 Å². The number of morpholine rings is 1. The lowest BCUT2D eigenvalue weighted by atomic mass is 9.99. The molecule has 122 valence electrons. The third kappa shape index (κ3) is 2.62. The number of hydrogen-bond acceptors (Lipinski definition) is 7. The highest BCUT2D eigenvalue weighted by Gasteiger charge is 2.39. The zero-order chi connectivity index (χ0) is 16.0. The van der Waals surface area contributed by atoms with E-state index in [4.69, 9.17) is 4.74 Å². The van der Waals surface area contributed by atoms with E-state index in [9.17, 15) is 5.26 Å². The van der Waals surface area contributed by atoms with Crippen LogP contribution in [0.4, 0.5) is 11.5 Å². The number of likely N-dealkylation sites (N-methyl/N-ethyl adjacent to an activating group) is 1. The Morgan fingerprint density at radius 3 is 2.61 bits per heavy atom. The number of aromatic nitrogens is 2. The fourth-order valence-corrected chi connectivity index (χ4v) is 3.87. The number of rotatable bonds is 2. The highest BCUT2D eigenvalue weighted by molar-refractivity contribution is 5.62. The summed E-state index contributed by atoms with van der Waals surface area (Å²) >= 11 is 0. The summed E-state index contributed by atoms with van der Waals surface area (Å²) < 4.78 is 5.69. The van der Waals surface area contributed by atoms with E-state index < -0.39 is 0 Å². The second-order valence-corrected chi connectivity index (χ2v) is 6.87. The van der Waals surface area contributed by atoms with Crippen LogP contribution in [0.5, 0.6) is 0 Å². The minimum Gasteiger partial charge on any atom is -0.371 e. The van der Waals surface area contributed by atoms with Crippen LogP contribution in [0.1, 0.15) is 19.0 Å². The Bertz CT molecular complexity index is 628. The van der Waals surface area contributed by atoms with Crippen molar-refractivity contribution in [3.8, 4) is 6.07 Å². The summed E-state index contributed by atoms with van der Waals surface area (Å²) in [6.45, 7) is 6.83. The van der Waals surface area contributed by atoms with E-state index in [1.54, 1.807) is 0 Å². The van der Waals surface area contributed by atoms with Gasteiger partial charge in [-0.15, -0.1) is 10.2 Å². The number of hydrogen-bond donors (Lipinski definition) is 0. The van der Waals surface area contributed by atoms with Crippen molar-refractivity contribution >= 4 is 11.5 Å². The molecule has 5 heterocycles. The van der Waals surface area contributed by atoms with Gasteiger partial charge in [0.15, 0.2) is 11.5 Å². The smallest absolute Gasteiger partial charge is 0.186 e. The van der Waals surface area contributed by atoms with Crippen LogP contribution < -0.4 is 9.80 Å². The highest BCUT2D eigenvalue weighted by Crippen LogP contribution is 2.32. The molecule has 4 aliphatic rings. The van der Waals surface area contributed by atoms with Gasteiger partial charge in [-0.25, -0.2) is 0 Å². The normalized spacial score (nSPS) is 30.7. The first-order valence-corrected chi connectivity index (χ1v) is 8.27. The second kappa shape index (κ2) is 5.62. The number of piperidine rings is 1. The quantitative estimate of drug-likeness (QED) is 0.786. The number of nitrogens with zero attached hydrogens (tertiary/aromatic N) is 6. The summed E-state index contributed by atoms with van der Waals surface area (Å²) in [5.41, 5.74) is 1.34. The average Bonchev–Trinajstić information content (AvgIpc) is 2.54. The largest absolute Gasteiger partial charge is 0.371 e. The van der Waals surface area contributed by atoms with Gasteiger partial charge in [0.2, 0.25) is 0 Å². The van der Waals surface area contributed by atoms with Gasteiger partial charge in [0, 0.05) is 51.3 Å². The Kier molecular flexibility index (Phi) is 3.58. The minimum atomic E-state index is 0.331. The zero-order valence-electron chi connectivity index (χ0n) is 13.6. The molecule has 7 heteroatoms. The lowest BCUT2D eigenvalue weighted by molar-refractivity contribution is -0.133. The standard InChI is InChI=1S/C16H22N6O/c1-11-8-20(2)3-4-22(11)15-6-16(19-18-14(15)7-17)21-9-12-5-13(10-21)23-12/h6,11-13H,3-5,8-10H2,1-2H3. The molecule has 0 aliphatic carbocycles. The molecule has 0 aromatic carbocycles. The molecule has 4 fully saturated rings. The Hall–Kier alpha value is -1.91. The maximum atomic E-state index is 9.41. The van der Waals surface area contributed by atoms with E-state index in [0.717, 1.165) is 50.6 Å². The third-order valence-electron chi connectivity index (χ3n) is 5.09. The molecule has 23 heavy (non-hydrogen) atoms. The van der Waals surface area contributed by atoms with E-state index in [0.29, 0.717) is 23.9 Å². The molecular formula is C16H22N6O. The molecule has 0 saturated carbocycles. The predicted octanol–water partition coefficient (Wildman–Crippen LogP) is 0.466. The molecule has 4 saturated heterocycles. The average molecular weight is 314 g/mol. The van der Waals surface area contributed by atoms with Gasteiger partial charge in [-0.05, 0) is 14.0 Å². The maximum Gasteiger partial charge on any atom is 0.186 e. The third-order valence-corrected chi connectivity index (χ3v) is 5.09. The molecule has 4 aliphatic heterocycles. The summed E-state index contributed by atoms with van der Waals surface area (Å²) in [5.74, 6) is 0.864. The first kappa shape index (κ1) is 14.7. The molecule has 0 spiro atoms. The summed E-state index contributed by atoms with van der Waals surface area (Å²) in [6.07, 6.45) is 1.82. The number of fused-ring (bicyclic) bond motifs is 2. The van der Waals surface area contributed by atoms with E-state index in [-0.39, 0.29) is 0 Å². The van der Waals surface area contributed by atoms with Gasteiger partial charge in [-0.1, -0.05) is 0 Å². The van der Waals surface area contributed by atoms with E-state index >= 15 is 0 Å². The SMILES string of the molecule is CC1CN(C)CCN1c1cc(N2CC3CC(C2)O3)nnc1C#N. The molecule has 3 unspecified atom stereocenters. The molecule has 1 aromatic heterocycles. The number of piperazine rings is 1. The van der Waals surface area contributed by atoms with Crippen molar-refractivity contribution in [2.45, 2.75) is 31.6 Å². The van der Waals surface area contributed by atoms with Gasteiger partial charge < -0.3 is 19.4 Å². The summed E-state index contributed by atoms with van der Waals surface area (Å²) in [6, 6.07) is 4.60. The fourth-order valence-electron chi connectivity index (χ4n) is 3.87. The van der Waals surface area contributed by atoms with Crippen molar-refractivity contribution in [3.05, 3.63) is 11.8 Å². The molecule has 7 nitrogen and oxygen atoms in total. The molecule has 2 bridgehead atoms. The number of ether oxygens (including phenoxy) is 1. The Morgan fingerprint density at radius 1 is 1.22 bits per heavy atom. The first-order valence-electron chi connectivity index (χ1n) is 8.27. The van der Waals surface area contributed by atoms with E-state index in [1.807, 2.05) is 6.07 Å². The van der Waals surface area contributed by atoms with Gasteiger partial charge in [0.05, 0.1) is 17.9 Å². The topological polar surface area (TPSA) is 68.5 Å². The monoisotopic (exact) mass is 314 g/mol. The molecule has 5 rings (SSSR count). The Labute approximate surface area is 136 Å². The maximum absolute atomic E-state index is 9.41. The van der Waals surface area contributed by atoms with Crippen LogP contribution in [-0.4, -0.2) is 73.1 Å². The van der Waals surface area contributed by atoms with Crippen molar-refractivity contribution in [1.82, 2.24) is 15.1 Å². The Morgan fingerprint density at radius 2 is 1.96 bits per heavy atom. The number of nitriles is 1. The zero-order valence-corrected chi connectivity index (χ0v) is 13.6. The van der Waals surface area contributed by atoms with Crippen LogP contribution in [0.2, 0.25) is 0 Å². The van der Waals surface area contributed by atoms with Gasteiger partial charge in [0.1, 0.15) is 6.07 Å². The van der Waals surface area contributed by atoms with Crippen LogP contribution in [-0.2, 0) is 4.74 Å². The second-order valence-electron chi connectivity index (χ2n) is 6.87. The predicted molar refractivity (Wildman–Crippen MR) is 86.5 cm³/mol. The van der Waals surface area contributed by atoms with Crippen LogP contribution in [0.15, 0.2) is 6.07 Å². The Balaban J connectivity index is 1.62. The fraction of sp³-hybridized carbons (Fsp3) is 0.688. The molecule has 1 aromatic rings. The van der Waals surface area contributed by atoms with Crippen molar-refractivity contribution < 1.29 is 4.74 Å². The lowest BCUT2D eigenvalue weighted by Gasteiger charge is -2.47. The van der Waals surface area contributed by atoms with E-state index in [2.05, 4.69) is 44.9 Å². The molecular weight excluding hydrogens is 292 g/mol. The van der Waals surface area contributed by atoms with Gasteiger partial charge in [0.25, 0.3) is 0 Å². The first-order chi connectivity index (χ1) is 11.1. The lowest BCUT2D eigenvalue weighted by Crippen LogP contribution is -2.57. The van der Waals surface area contributed by atoms with Crippen LogP contribution in [0, 0.1) is 11.3 Å². The van der Waals surface area contributed by atoms with Crippen molar-refractivity contribution in [2.75, 3.05) is 49.6 Å². The van der Waals surface area contributed by atoms with Crippen molar-refractivity contribution in [2.24, 2.45) is 0 Å². The minimum absolute atomic E-state index is 0.331. The molecule has 0 N–H and O–H groups in total. The van der Waals surface area contributed by atoms with Crippen molar-refractivity contribution in [3.63, 3.8) is 0 Å². The van der Waals surface area contributed by atoms with Gasteiger partial charge >= 0.3 is 0 Å². The molecule has 0 amide bonds. The highest BCUT2D eigenvalue weighted by atomic mass is 16.5. The number of anilines is 2. The van der Waals surface area contributed by atoms with Crippen LogP contribution in [0.25, 0.3) is 0 Å². The summed E-state index contributed by atoms with van der Waals surface area (Å²) in [5, 5.41) is 17.9. The van der Waals surface area contributed by atoms with Gasteiger partial charge in [-0.2, -0.15) is 5.26 Å². The van der Waals surface area contributed by atoms with Gasteiger partial charge in [-0.3, -0.25) is 0 Å². The van der Waals surface area contributed by atoms with Crippen molar-refractivity contribution in [1.29, 1.82) is 5.26 Å². The summed E-state index contributed by atoms with van der Waals surface area (Å²) in [4.78, 5) is 6.84. The van der Waals surface area contributed by atoms with Crippen LogP contribution >= 0.6 is 0 Å². The summed E-state index contributed by atoms with van der Waals surface area (Å²) in [7, 11) is 2.13. The molecule has 0 radical (unpaired) electrons.